The van der Waals surface area contributed by atoms with Gasteiger partial charge in [-0.15, -0.1) is 5.10 Å². The molecule has 1 aliphatic heterocycles. The van der Waals surface area contributed by atoms with Gasteiger partial charge < -0.3 is 24.8 Å². The van der Waals surface area contributed by atoms with Crippen molar-refractivity contribution in [2.45, 2.75) is 32.0 Å². The van der Waals surface area contributed by atoms with Gasteiger partial charge in [0, 0.05) is 11.4 Å². The van der Waals surface area contributed by atoms with E-state index in [0.29, 0.717) is 45.3 Å². The third-order valence-corrected chi connectivity index (χ3v) is 6.35. The Morgan fingerprint density at radius 1 is 1.11 bits per heavy atom. The van der Waals surface area contributed by atoms with E-state index in [0.717, 1.165) is 16.9 Å². The summed E-state index contributed by atoms with van der Waals surface area (Å²) in [6.45, 7) is 5.88. The zero-order valence-corrected chi connectivity index (χ0v) is 21.4. The van der Waals surface area contributed by atoms with Gasteiger partial charge in [0.25, 0.3) is 5.91 Å². The number of benzene rings is 2. The zero-order chi connectivity index (χ0) is 25.1. The Bertz CT molecular complexity index is 1260. The van der Waals surface area contributed by atoms with E-state index in [9.17, 15) is 4.79 Å². The number of nitrogens with one attached hydrogen (secondary N) is 2. The molecule has 0 saturated heterocycles. The molecule has 0 aliphatic carbocycles. The van der Waals surface area contributed by atoms with Gasteiger partial charge in [-0.05, 0) is 55.0 Å². The largest absolute Gasteiger partial charge is 0.493 e. The molecule has 3 aromatic rings. The molecule has 1 atom stereocenters. The first-order valence-corrected chi connectivity index (χ1v) is 12.1. The summed E-state index contributed by atoms with van der Waals surface area (Å²) in [6.07, 6.45) is 0. The van der Waals surface area contributed by atoms with E-state index in [1.54, 1.807) is 26.0 Å². The Labute approximate surface area is 208 Å². The van der Waals surface area contributed by atoms with Crippen molar-refractivity contribution in [3.8, 4) is 17.2 Å². The Morgan fingerprint density at radius 2 is 1.83 bits per heavy atom. The topological polar surface area (TPSA) is 99.5 Å². The first kappa shape index (κ1) is 24.5. The molecule has 4 rings (SSSR count). The number of methoxy groups -OCH3 is 3. The minimum atomic E-state index is -0.580. The number of aryl methyl sites for hydroxylation is 1. The van der Waals surface area contributed by atoms with E-state index in [2.05, 4.69) is 15.6 Å². The highest BCUT2D eigenvalue weighted by Crippen LogP contribution is 2.44. The van der Waals surface area contributed by atoms with Crippen LogP contribution in [0, 0.1) is 6.92 Å². The lowest BCUT2D eigenvalue weighted by molar-refractivity contribution is -0.113. The first-order valence-electron chi connectivity index (χ1n) is 11.1. The number of aromatic nitrogens is 3. The summed E-state index contributed by atoms with van der Waals surface area (Å²) in [5.41, 5.74) is 3.70. The molecule has 0 fully saturated rings. The second kappa shape index (κ2) is 10.3. The summed E-state index contributed by atoms with van der Waals surface area (Å²) in [5, 5.41) is 11.6. The van der Waals surface area contributed by atoms with Crippen molar-refractivity contribution in [1.29, 1.82) is 0 Å². The van der Waals surface area contributed by atoms with Crippen LogP contribution in [0.3, 0.4) is 0 Å². The van der Waals surface area contributed by atoms with Crippen LogP contribution >= 0.6 is 11.8 Å². The molecule has 184 valence electrons. The van der Waals surface area contributed by atoms with E-state index in [-0.39, 0.29) is 5.91 Å². The molecule has 2 N–H and O–H groups in total. The third-order valence-electron chi connectivity index (χ3n) is 5.63. The number of ether oxygens (including phenoxy) is 3. The van der Waals surface area contributed by atoms with Crippen LogP contribution in [0.2, 0.25) is 0 Å². The van der Waals surface area contributed by atoms with Gasteiger partial charge in [0.15, 0.2) is 11.5 Å². The van der Waals surface area contributed by atoms with Crippen LogP contribution in [0.4, 0.5) is 11.6 Å². The molecule has 2 heterocycles. The van der Waals surface area contributed by atoms with Crippen molar-refractivity contribution in [2.75, 3.05) is 37.7 Å². The Morgan fingerprint density at radius 3 is 2.43 bits per heavy atom. The van der Waals surface area contributed by atoms with Crippen molar-refractivity contribution in [3.05, 3.63) is 58.8 Å². The maximum Gasteiger partial charge on any atom is 0.255 e. The SMILES string of the molecule is CCSc1nc2n(n1)C(c1cc(OC)c(OC)c(OC)c1)C(C(=O)Nc1cccc(C)c1)=C(C)N2. The van der Waals surface area contributed by atoms with Crippen molar-refractivity contribution >= 4 is 29.3 Å². The van der Waals surface area contributed by atoms with Crippen LogP contribution in [0.15, 0.2) is 52.8 Å². The highest BCUT2D eigenvalue weighted by atomic mass is 32.2. The standard InChI is InChI=1S/C25H29N5O4S/c1-7-35-25-28-24-26-15(3)20(23(31)27-17-10-8-9-14(2)11-17)21(30(24)29-25)16-12-18(32-4)22(34-6)19(13-16)33-5/h8-13,21H,7H2,1-6H3,(H,27,31)(H,26,28,29). The van der Waals surface area contributed by atoms with Crippen LogP contribution in [-0.4, -0.2) is 47.8 Å². The van der Waals surface area contributed by atoms with Gasteiger partial charge in [-0.1, -0.05) is 30.8 Å². The minimum Gasteiger partial charge on any atom is -0.493 e. The average molecular weight is 496 g/mol. The van der Waals surface area contributed by atoms with Crippen molar-refractivity contribution in [2.24, 2.45) is 0 Å². The summed E-state index contributed by atoms with van der Waals surface area (Å²) < 4.78 is 18.4. The molecule has 2 aromatic carbocycles. The van der Waals surface area contributed by atoms with E-state index in [4.69, 9.17) is 19.3 Å². The van der Waals surface area contributed by atoms with Crippen LogP contribution in [-0.2, 0) is 4.79 Å². The van der Waals surface area contributed by atoms with Crippen LogP contribution in [0.25, 0.3) is 0 Å². The molecular weight excluding hydrogens is 466 g/mol. The molecule has 1 aliphatic rings. The second-order valence-corrected chi connectivity index (χ2v) is 9.18. The molecule has 35 heavy (non-hydrogen) atoms. The fourth-order valence-corrected chi connectivity index (χ4v) is 4.66. The number of allylic oxidation sites excluding steroid dienone is 1. The monoisotopic (exact) mass is 495 g/mol. The zero-order valence-electron chi connectivity index (χ0n) is 20.6. The molecular formula is C25H29N5O4S. The number of carbonyl (C=O) groups is 1. The molecule has 0 spiro atoms. The Kier molecular flexibility index (Phi) is 7.20. The molecule has 1 aromatic heterocycles. The number of rotatable bonds is 8. The lowest BCUT2D eigenvalue weighted by Crippen LogP contribution is -2.31. The van der Waals surface area contributed by atoms with Crippen LogP contribution in [0.5, 0.6) is 17.2 Å². The van der Waals surface area contributed by atoms with Gasteiger partial charge >= 0.3 is 0 Å². The number of thioether (sulfide) groups is 1. The molecule has 0 bridgehead atoms. The number of carbonyl (C=O) groups excluding carboxylic acids is 1. The molecule has 10 heteroatoms. The second-order valence-electron chi connectivity index (χ2n) is 7.94. The summed E-state index contributed by atoms with van der Waals surface area (Å²) in [6, 6.07) is 10.8. The Hall–Kier alpha value is -3.66. The lowest BCUT2D eigenvalue weighted by atomic mass is 9.94. The Balaban J connectivity index is 1.87. The fourth-order valence-electron chi connectivity index (χ4n) is 4.10. The number of amides is 1. The van der Waals surface area contributed by atoms with Gasteiger partial charge in [-0.25, -0.2) is 4.68 Å². The van der Waals surface area contributed by atoms with Gasteiger partial charge in [-0.2, -0.15) is 4.98 Å². The predicted octanol–water partition coefficient (Wildman–Crippen LogP) is 4.65. The number of anilines is 2. The highest BCUT2D eigenvalue weighted by Gasteiger charge is 2.35. The third kappa shape index (κ3) is 4.79. The van der Waals surface area contributed by atoms with Crippen LogP contribution in [0.1, 0.15) is 31.0 Å². The van der Waals surface area contributed by atoms with Gasteiger partial charge in [0.2, 0.25) is 16.9 Å². The maximum atomic E-state index is 13.7. The van der Waals surface area contributed by atoms with E-state index < -0.39 is 6.04 Å². The molecule has 0 saturated carbocycles. The van der Waals surface area contributed by atoms with E-state index >= 15 is 0 Å². The van der Waals surface area contributed by atoms with E-state index in [1.165, 1.54) is 11.8 Å². The molecule has 1 unspecified atom stereocenters. The van der Waals surface area contributed by atoms with Gasteiger partial charge in [-0.3, -0.25) is 4.79 Å². The van der Waals surface area contributed by atoms with Crippen molar-refractivity contribution < 1.29 is 19.0 Å². The van der Waals surface area contributed by atoms with E-state index in [1.807, 2.05) is 57.2 Å². The van der Waals surface area contributed by atoms with Crippen molar-refractivity contribution in [1.82, 2.24) is 14.8 Å². The summed E-state index contributed by atoms with van der Waals surface area (Å²) in [5.74, 6) is 2.59. The first-order chi connectivity index (χ1) is 16.9. The number of hydrogen-bond acceptors (Lipinski definition) is 8. The fraction of sp³-hybridized carbons (Fsp3) is 0.320. The van der Waals surface area contributed by atoms with Crippen molar-refractivity contribution in [3.63, 3.8) is 0 Å². The summed E-state index contributed by atoms with van der Waals surface area (Å²) >= 11 is 1.53. The molecule has 1 amide bonds. The normalized spacial score (nSPS) is 14.7. The predicted molar refractivity (Wildman–Crippen MR) is 137 cm³/mol. The summed E-state index contributed by atoms with van der Waals surface area (Å²) in [4.78, 5) is 18.3. The molecule has 9 nitrogen and oxygen atoms in total. The highest BCUT2D eigenvalue weighted by molar-refractivity contribution is 7.99. The van der Waals surface area contributed by atoms with Crippen LogP contribution < -0.4 is 24.8 Å². The summed E-state index contributed by atoms with van der Waals surface area (Å²) in [7, 11) is 4.68. The minimum absolute atomic E-state index is 0.245. The quantitative estimate of drug-likeness (QED) is 0.436. The number of fused-ring (bicyclic) bond motifs is 1. The number of hydrogen-bond donors (Lipinski definition) is 2. The van der Waals surface area contributed by atoms with Gasteiger partial charge in [0.1, 0.15) is 6.04 Å². The number of nitrogens with zero attached hydrogens (tertiary/aromatic N) is 3. The lowest BCUT2D eigenvalue weighted by Gasteiger charge is -2.29. The smallest absolute Gasteiger partial charge is 0.255 e. The molecule has 0 radical (unpaired) electrons. The average Bonchev–Trinajstić information content (AvgIpc) is 3.24. The van der Waals surface area contributed by atoms with Gasteiger partial charge in [0.05, 0.1) is 26.9 Å². The maximum absolute atomic E-state index is 13.7.